The van der Waals surface area contributed by atoms with Crippen molar-refractivity contribution in [1.29, 1.82) is 0 Å². The van der Waals surface area contributed by atoms with Gasteiger partial charge in [0, 0.05) is 32.9 Å². The van der Waals surface area contributed by atoms with E-state index >= 15 is 0 Å². The first-order valence-electron chi connectivity index (χ1n) is 17.0. The van der Waals surface area contributed by atoms with Crippen molar-refractivity contribution in [2.45, 2.75) is 55.4 Å². The first kappa shape index (κ1) is 33.8. The molecule has 0 saturated heterocycles. The van der Waals surface area contributed by atoms with Crippen LogP contribution in [0.2, 0.25) is 0 Å². The molecular weight excluding hydrogens is 556 g/mol. The molecule has 46 heavy (non-hydrogen) atoms. The fraction of sp³-hybridized carbons (Fsp3) is 0.182. The van der Waals surface area contributed by atoms with Crippen LogP contribution in [-0.4, -0.2) is 9.13 Å². The molecule has 0 unspecified atom stereocenters. The number of aromatic nitrogens is 2. The van der Waals surface area contributed by atoms with Gasteiger partial charge in [-0.1, -0.05) is 146 Å². The number of hydrogen-bond acceptors (Lipinski definition) is 0. The summed E-state index contributed by atoms with van der Waals surface area (Å²) >= 11 is 0. The molecule has 0 bridgehead atoms. The lowest BCUT2D eigenvalue weighted by Crippen LogP contribution is -1.93. The summed E-state index contributed by atoms with van der Waals surface area (Å²) in [4.78, 5) is 0. The molecule has 0 fully saturated rings. The number of nitrogens with zero attached hydrogens (tertiary/aromatic N) is 2. The van der Waals surface area contributed by atoms with Gasteiger partial charge in [0.15, 0.2) is 0 Å². The second-order valence-electron chi connectivity index (χ2n) is 9.81. The van der Waals surface area contributed by atoms with Crippen LogP contribution in [0, 0.1) is 0 Å². The van der Waals surface area contributed by atoms with Crippen LogP contribution in [0.3, 0.4) is 0 Å². The summed E-state index contributed by atoms with van der Waals surface area (Å²) in [6.45, 7) is 16.0. The summed E-state index contributed by atoms with van der Waals surface area (Å²) in [6.07, 6.45) is 0. The predicted octanol–water partition coefficient (Wildman–Crippen LogP) is 13.7. The maximum absolute atomic E-state index is 2.38. The van der Waals surface area contributed by atoms with Gasteiger partial charge in [0.05, 0.1) is 22.1 Å². The van der Waals surface area contributed by atoms with Crippen LogP contribution >= 0.6 is 0 Å². The van der Waals surface area contributed by atoms with Gasteiger partial charge in [-0.05, 0) is 65.7 Å². The Labute approximate surface area is 275 Å². The topological polar surface area (TPSA) is 9.86 Å². The average molecular weight is 605 g/mol. The Hall–Kier alpha value is -5.08. The molecule has 0 radical (unpaired) electrons. The Kier molecular flexibility index (Phi) is 12.0. The van der Waals surface area contributed by atoms with Crippen molar-refractivity contribution in [1.82, 2.24) is 9.13 Å². The molecule has 234 valence electrons. The van der Waals surface area contributed by atoms with E-state index in [9.17, 15) is 0 Å². The van der Waals surface area contributed by atoms with Crippen molar-refractivity contribution in [3.05, 3.63) is 146 Å². The number of rotatable bonds is 3. The third-order valence-electron chi connectivity index (χ3n) is 7.71. The number of benzene rings is 6. The minimum atomic E-state index is 1.18. The van der Waals surface area contributed by atoms with Gasteiger partial charge in [0.2, 0.25) is 0 Å². The molecule has 2 heterocycles. The minimum Gasteiger partial charge on any atom is -0.309 e. The molecule has 6 aromatic carbocycles. The number of fused-ring (bicyclic) bond motifs is 6. The summed E-state index contributed by atoms with van der Waals surface area (Å²) in [6, 6.07) is 52.4. The molecule has 2 aromatic heterocycles. The Morgan fingerprint density at radius 3 is 1.35 bits per heavy atom. The van der Waals surface area contributed by atoms with Crippen molar-refractivity contribution >= 4 is 43.6 Å². The molecule has 0 saturated carbocycles. The van der Waals surface area contributed by atoms with Crippen molar-refractivity contribution in [3.8, 4) is 22.5 Å². The van der Waals surface area contributed by atoms with E-state index in [1.54, 1.807) is 0 Å². The van der Waals surface area contributed by atoms with Gasteiger partial charge in [-0.3, -0.25) is 0 Å². The Morgan fingerprint density at radius 1 is 0.326 bits per heavy atom. The van der Waals surface area contributed by atoms with Crippen LogP contribution in [0.5, 0.6) is 0 Å². The van der Waals surface area contributed by atoms with Crippen LogP contribution in [0.25, 0.3) is 66.1 Å². The molecule has 0 spiro atoms. The standard InChI is InChI=1S/C36H24N2.4C2H6/c1-3-12-26(13-4-1)37-32-19-9-7-16-29(32)31-24-25(22-23-34(31)37)28-18-11-21-35-36(28)30-17-8-10-20-33(30)38(35)27-14-5-2-6-15-27;4*1-2/h1-24H;4*1-2H3. The maximum Gasteiger partial charge on any atom is 0.0547 e. The van der Waals surface area contributed by atoms with E-state index in [1.807, 2.05) is 55.4 Å². The molecule has 2 heteroatoms. The first-order chi connectivity index (χ1) is 22.9. The molecule has 0 aliphatic heterocycles. The fourth-order valence-electron chi connectivity index (χ4n) is 6.11. The summed E-state index contributed by atoms with van der Waals surface area (Å²) in [5, 5.41) is 5.10. The van der Waals surface area contributed by atoms with E-state index < -0.39 is 0 Å². The molecule has 8 rings (SSSR count). The molecule has 2 nitrogen and oxygen atoms in total. The number of hydrogen-bond donors (Lipinski definition) is 0. The third-order valence-corrected chi connectivity index (χ3v) is 7.71. The second kappa shape index (κ2) is 16.3. The van der Waals surface area contributed by atoms with E-state index in [2.05, 4.69) is 155 Å². The van der Waals surface area contributed by atoms with Gasteiger partial charge in [-0.2, -0.15) is 0 Å². The predicted molar refractivity (Wildman–Crippen MR) is 206 cm³/mol. The smallest absolute Gasteiger partial charge is 0.0547 e. The Bertz CT molecular complexity index is 2110. The fourth-order valence-corrected chi connectivity index (χ4v) is 6.11. The van der Waals surface area contributed by atoms with Crippen molar-refractivity contribution in [3.63, 3.8) is 0 Å². The van der Waals surface area contributed by atoms with Gasteiger partial charge in [-0.25, -0.2) is 0 Å². The lowest BCUT2D eigenvalue weighted by Gasteiger charge is -2.10. The summed E-state index contributed by atoms with van der Waals surface area (Å²) in [5.41, 5.74) is 9.74. The van der Waals surface area contributed by atoms with E-state index in [0.717, 1.165) is 0 Å². The second-order valence-corrected chi connectivity index (χ2v) is 9.81. The zero-order chi connectivity index (χ0) is 33.1. The molecular formula is C44H48N2. The van der Waals surface area contributed by atoms with Gasteiger partial charge >= 0.3 is 0 Å². The largest absolute Gasteiger partial charge is 0.309 e. The van der Waals surface area contributed by atoms with Crippen molar-refractivity contribution in [2.75, 3.05) is 0 Å². The van der Waals surface area contributed by atoms with Gasteiger partial charge in [-0.15, -0.1) is 0 Å². The highest BCUT2D eigenvalue weighted by molar-refractivity contribution is 6.17. The van der Waals surface area contributed by atoms with Gasteiger partial charge in [0.25, 0.3) is 0 Å². The van der Waals surface area contributed by atoms with Crippen LogP contribution in [0.15, 0.2) is 146 Å². The first-order valence-corrected chi connectivity index (χ1v) is 17.0. The zero-order valence-corrected chi connectivity index (χ0v) is 28.8. The van der Waals surface area contributed by atoms with Gasteiger partial charge in [0.1, 0.15) is 0 Å². The highest BCUT2D eigenvalue weighted by Crippen LogP contribution is 2.40. The van der Waals surface area contributed by atoms with Crippen molar-refractivity contribution in [2.24, 2.45) is 0 Å². The molecule has 0 N–H and O–H groups in total. The van der Waals surface area contributed by atoms with E-state index in [0.29, 0.717) is 0 Å². The third kappa shape index (κ3) is 6.08. The lowest BCUT2D eigenvalue weighted by molar-refractivity contribution is 1.18. The molecule has 0 amide bonds. The summed E-state index contributed by atoms with van der Waals surface area (Å²) in [7, 11) is 0. The summed E-state index contributed by atoms with van der Waals surface area (Å²) in [5.74, 6) is 0. The van der Waals surface area contributed by atoms with Crippen LogP contribution in [-0.2, 0) is 0 Å². The molecule has 0 aliphatic carbocycles. The molecule has 8 aromatic rings. The minimum absolute atomic E-state index is 1.18. The zero-order valence-electron chi connectivity index (χ0n) is 28.8. The highest BCUT2D eigenvalue weighted by atomic mass is 15.0. The monoisotopic (exact) mass is 604 g/mol. The quantitative estimate of drug-likeness (QED) is 0.190. The van der Waals surface area contributed by atoms with Crippen LogP contribution in [0.4, 0.5) is 0 Å². The van der Waals surface area contributed by atoms with E-state index in [-0.39, 0.29) is 0 Å². The maximum atomic E-state index is 2.38. The SMILES string of the molecule is CC.CC.CC.CC.c1ccc(-n2c3ccccc3c3cc(-c4cccc5c4c4ccccc4n5-c4ccccc4)ccc32)cc1. The normalized spacial score (nSPS) is 10.2. The highest BCUT2D eigenvalue weighted by Gasteiger charge is 2.17. The van der Waals surface area contributed by atoms with E-state index in [1.165, 1.54) is 66.1 Å². The Morgan fingerprint density at radius 2 is 0.761 bits per heavy atom. The van der Waals surface area contributed by atoms with Crippen molar-refractivity contribution < 1.29 is 0 Å². The average Bonchev–Trinajstić information content (AvgIpc) is 3.68. The number of para-hydroxylation sites is 4. The van der Waals surface area contributed by atoms with Crippen LogP contribution < -0.4 is 0 Å². The Balaban J connectivity index is 0.000000560. The van der Waals surface area contributed by atoms with E-state index in [4.69, 9.17) is 0 Å². The molecule has 0 atom stereocenters. The van der Waals surface area contributed by atoms with Crippen LogP contribution in [0.1, 0.15) is 55.4 Å². The van der Waals surface area contributed by atoms with Gasteiger partial charge < -0.3 is 9.13 Å². The summed E-state index contributed by atoms with van der Waals surface area (Å²) < 4.78 is 4.75. The lowest BCUT2D eigenvalue weighted by atomic mass is 9.98. The molecule has 0 aliphatic rings.